The molecule has 0 aromatic heterocycles. The van der Waals surface area contributed by atoms with E-state index in [9.17, 15) is 9.59 Å². The molecule has 0 saturated carbocycles. The molecule has 0 spiro atoms. The summed E-state index contributed by atoms with van der Waals surface area (Å²) >= 11 is 0. The first-order valence-electron chi connectivity index (χ1n) is 8.33. The third-order valence-electron chi connectivity index (χ3n) is 4.06. The van der Waals surface area contributed by atoms with Gasteiger partial charge in [0.2, 0.25) is 0 Å². The molecule has 1 saturated heterocycles. The summed E-state index contributed by atoms with van der Waals surface area (Å²) in [6.45, 7) is 8.35. The lowest BCUT2D eigenvalue weighted by Crippen LogP contribution is -2.31. The molecule has 0 unspecified atom stereocenters. The van der Waals surface area contributed by atoms with Gasteiger partial charge in [0.15, 0.2) is 0 Å². The number of carbonyl (C=O) groups is 2. The maximum Gasteiger partial charge on any atom is 0.329 e. The molecule has 3 amide bonds. The number of ether oxygens (including phenoxy) is 1. The van der Waals surface area contributed by atoms with Gasteiger partial charge < -0.3 is 15.0 Å². The molecule has 1 fully saturated rings. The van der Waals surface area contributed by atoms with Crippen molar-refractivity contribution in [3.05, 3.63) is 29.5 Å². The highest BCUT2D eigenvalue weighted by molar-refractivity contribution is 6.14. The van der Waals surface area contributed by atoms with Crippen LogP contribution in [0.5, 0.6) is 5.75 Å². The summed E-state index contributed by atoms with van der Waals surface area (Å²) < 4.78 is 5.46. The van der Waals surface area contributed by atoms with E-state index in [0.717, 1.165) is 30.8 Å². The van der Waals surface area contributed by atoms with Gasteiger partial charge in [-0.05, 0) is 38.5 Å². The van der Waals surface area contributed by atoms with Crippen LogP contribution in [0.1, 0.15) is 32.8 Å². The van der Waals surface area contributed by atoms with Gasteiger partial charge in [-0.25, -0.2) is 4.79 Å². The van der Waals surface area contributed by atoms with Crippen molar-refractivity contribution in [1.82, 2.24) is 10.2 Å². The molecular weight excluding hydrogens is 306 g/mol. The topological polar surface area (TPSA) is 61.9 Å². The van der Waals surface area contributed by atoms with Gasteiger partial charge in [0.1, 0.15) is 11.4 Å². The Bertz CT molecular complexity index is 651. The molecule has 1 heterocycles. The minimum Gasteiger partial charge on any atom is -0.496 e. The quantitative estimate of drug-likeness (QED) is 0.616. The summed E-state index contributed by atoms with van der Waals surface area (Å²) in [7, 11) is 1.60. The molecule has 1 aromatic carbocycles. The monoisotopic (exact) mass is 331 g/mol. The van der Waals surface area contributed by atoms with Crippen molar-refractivity contribution >= 4 is 23.7 Å². The fraction of sp³-hybridized carbons (Fsp3) is 0.444. The normalized spacial score (nSPS) is 15.8. The highest BCUT2D eigenvalue weighted by Crippen LogP contribution is 2.28. The van der Waals surface area contributed by atoms with Gasteiger partial charge in [0, 0.05) is 37.0 Å². The van der Waals surface area contributed by atoms with Crippen molar-refractivity contribution in [3.63, 3.8) is 0 Å². The zero-order chi connectivity index (χ0) is 17.7. The predicted octanol–water partition coefficient (Wildman–Crippen LogP) is 2.84. The second-order valence-corrected chi connectivity index (χ2v) is 5.54. The highest BCUT2D eigenvalue weighted by atomic mass is 16.5. The number of nitrogens with one attached hydrogen (secondary N) is 1. The Kier molecular flexibility index (Phi) is 5.84. The maximum absolute atomic E-state index is 12.3. The maximum atomic E-state index is 12.3. The third-order valence-corrected chi connectivity index (χ3v) is 4.06. The summed E-state index contributed by atoms with van der Waals surface area (Å²) in [6, 6.07) is 5.48. The molecule has 6 heteroatoms. The van der Waals surface area contributed by atoms with Crippen molar-refractivity contribution in [2.45, 2.75) is 27.2 Å². The lowest BCUT2D eigenvalue weighted by molar-refractivity contribution is -0.122. The zero-order valence-electron chi connectivity index (χ0n) is 14.8. The highest BCUT2D eigenvalue weighted by Gasteiger charge is 2.32. The fourth-order valence-electron chi connectivity index (χ4n) is 2.76. The Labute approximate surface area is 143 Å². The second kappa shape index (κ2) is 7.86. The Hall–Kier alpha value is -2.50. The lowest BCUT2D eigenvalue weighted by atomic mass is 10.1. The Morgan fingerprint density at radius 2 is 1.92 bits per heavy atom. The number of carbonyl (C=O) groups excluding carboxylic acids is 2. The zero-order valence-corrected chi connectivity index (χ0v) is 14.8. The van der Waals surface area contributed by atoms with Gasteiger partial charge in [-0.2, -0.15) is 0 Å². The summed E-state index contributed by atoms with van der Waals surface area (Å²) in [6.07, 6.45) is 2.40. The molecule has 1 N–H and O–H groups in total. The molecule has 24 heavy (non-hydrogen) atoms. The Morgan fingerprint density at radius 1 is 1.21 bits per heavy atom. The SMILES string of the molecule is CCCN1C(=O)N/C(=C/c2ccc(N(CC)CC)cc2OC)C1=O. The molecule has 1 aliphatic heterocycles. The number of methoxy groups -OCH3 is 1. The molecule has 0 radical (unpaired) electrons. The average Bonchev–Trinajstić information content (AvgIpc) is 2.85. The first kappa shape index (κ1) is 17.8. The van der Waals surface area contributed by atoms with Crippen molar-refractivity contribution in [3.8, 4) is 5.75 Å². The molecule has 130 valence electrons. The van der Waals surface area contributed by atoms with Crippen LogP contribution >= 0.6 is 0 Å². The van der Waals surface area contributed by atoms with Crippen LogP contribution in [0.3, 0.4) is 0 Å². The summed E-state index contributed by atoms with van der Waals surface area (Å²) in [5.41, 5.74) is 2.10. The van der Waals surface area contributed by atoms with Crippen LogP contribution in [0.2, 0.25) is 0 Å². The number of amides is 3. The predicted molar refractivity (Wildman–Crippen MR) is 95.1 cm³/mol. The number of anilines is 1. The number of nitrogens with zero attached hydrogens (tertiary/aromatic N) is 2. The van der Waals surface area contributed by atoms with E-state index in [-0.39, 0.29) is 17.6 Å². The van der Waals surface area contributed by atoms with Crippen LogP contribution < -0.4 is 15.0 Å². The van der Waals surface area contributed by atoms with Crippen LogP contribution in [-0.2, 0) is 4.79 Å². The Balaban J connectivity index is 2.32. The van der Waals surface area contributed by atoms with E-state index in [0.29, 0.717) is 12.3 Å². The number of imide groups is 1. The molecule has 6 nitrogen and oxygen atoms in total. The van der Waals surface area contributed by atoms with Gasteiger partial charge in [0.25, 0.3) is 5.91 Å². The van der Waals surface area contributed by atoms with E-state index >= 15 is 0 Å². The van der Waals surface area contributed by atoms with E-state index in [2.05, 4.69) is 24.1 Å². The number of urea groups is 1. The van der Waals surface area contributed by atoms with E-state index in [1.165, 1.54) is 4.90 Å². The van der Waals surface area contributed by atoms with Crippen molar-refractivity contribution in [2.75, 3.05) is 31.6 Å². The van der Waals surface area contributed by atoms with Crippen LogP contribution in [-0.4, -0.2) is 43.6 Å². The average molecular weight is 331 g/mol. The van der Waals surface area contributed by atoms with E-state index < -0.39 is 0 Å². The van der Waals surface area contributed by atoms with E-state index in [1.54, 1.807) is 13.2 Å². The van der Waals surface area contributed by atoms with Crippen LogP contribution in [0.4, 0.5) is 10.5 Å². The van der Waals surface area contributed by atoms with Crippen LogP contribution in [0.15, 0.2) is 23.9 Å². The van der Waals surface area contributed by atoms with Crippen LogP contribution in [0, 0.1) is 0 Å². The van der Waals surface area contributed by atoms with Crippen LogP contribution in [0.25, 0.3) is 6.08 Å². The minimum absolute atomic E-state index is 0.280. The molecule has 0 aliphatic carbocycles. The molecular formula is C18H25N3O3. The third kappa shape index (κ3) is 3.53. The standard InChI is InChI=1S/C18H25N3O3/c1-5-10-21-17(22)15(19-18(21)23)11-13-8-9-14(12-16(13)24-4)20(6-2)7-3/h8-9,11-12H,5-7,10H2,1-4H3,(H,19,23)/b15-11+. The molecule has 0 atom stereocenters. The van der Waals surface area contributed by atoms with Gasteiger partial charge in [0.05, 0.1) is 7.11 Å². The lowest BCUT2D eigenvalue weighted by Gasteiger charge is -2.22. The smallest absolute Gasteiger partial charge is 0.329 e. The molecule has 1 aliphatic rings. The second-order valence-electron chi connectivity index (χ2n) is 5.54. The number of hydrogen-bond donors (Lipinski definition) is 1. The number of rotatable bonds is 7. The number of benzene rings is 1. The first-order chi connectivity index (χ1) is 11.5. The van der Waals surface area contributed by atoms with E-state index in [1.807, 2.05) is 25.1 Å². The fourth-order valence-corrected chi connectivity index (χ4v) is 2.76. The van der Waals surface area contributed by atoms with Crippen molar-refractivity contribution in [1.29, 1.82) is 0 Å². The van der Waals surface area contributed by atoms with Gasteiger partial charge in [-0.15, -0.1) is 0 Å². The minimum atomic E-state index is -0.369. The first-order valence-corrected chi connectivity index (χ1v) is 8.33. The Morgan fingerprint density at radius 3 is 2.50 bits per heavy atom. The largest absolute Gasteiger partial charge is 0.496 e. The van der Waals surface area contributed by atoms with Gasteiger partial charge in [-0.3, -0.25) is 9.69 Å². The van der Waals surface area contributed by atoms with Crippen molar-refractivity contribution < 1.29 is 14.3 Å². The summed E-state index contributed by atoms with van der Waals surface area (Å²) in [4.78, 5) is 27.6. The summed E-state index contributed by atoms with van der Waals surface area (Å²) in [5.74, 6) is 0.375. The van der Waals surface area contributed by atoms with Gasteiger partial charge in [-0.1, -0.05) is 6.92 Å². The van der Waals surface area contributed by atoms with Crippen molar-refractivity contribution in [2.24, 2.45) is 0 Å². The van der Waals surface area contributed by atoms with Gasteiger partial charge >= 0.3 is 6.03 Å². The molecule has 1 aromatic rings. The molecule has 2 rings (SSSR count). The number of hydrogen-bond acceptors (Lipinski definition) is 4. The summed E-state index contributed by atoms with van der Waals surface area (Å²) in [5, 5.41) is 2.63. The van der Waals surface area contributed by atoms with E-state index in [4.69, 9.17) is 4.74 Å². The molecule has 0 bridgehead atoms.